The molecule has 0 spiro atoms. The molecule has 0 aliphatic heterocycles. The molecule has 0 heterocycles. The predicted octanol–water partition coefficient (Wildman–Crippen LogP) is 3.48. The molecule has 19 heavy (non-hydrogen) atoms. The van der Waals surface area contributed by atoms with Crippen molar-refractivity contribution in [3.8, 4) is 0 Å². The van der Waals surface area contributed by atoms with Gasteiger partial charge in [0.1, 0.15) is 0 Å². The Morgan fingerprint density at radius 2 is 1.42 bits per heavy atom. The maximum atomic E-state index is 10.6. The SMILES string of the molecule is CN(c1ccc(Br)cc1)c1ccc([N+](=O)[O-])cc1.[NaH]. The summed E-state index contributed by atoms with van der Waals surface area (Å²) >= 11 is 3.38. The van der Waals surface area contributed by atoms with E-state index in [-0.39, 0.29) is 35.2 Å². The first-order valence-corrected chi connectivity index (χ1v) is 6.11. The van der Waals surface area contributed by atoms with Gasteiger partial charge in [-0.3, -0.25) is 10.1 Å². The fourth-order valence-corrected chi connectivity index (χ4v) is 1.88. The third-order valence-electron chi connectivity index (χ3n) is 2.66. The van der Waals surface area contributed by atoms with Crippen molar-refractivity contribution in [3.63, 3.8) is 0 Å². The van der Waals surface area contributed by atoms with Crippen molar-refractivity contribution < 1.29 is 4.92 Å². The first-order chi connectivity index (χ1) is 8.58. The number of rotatable bonds is 3. The normalized spacial score (nSPS) is 9.58. The van der Waals surface area contributed by atoms with Crippen LogP contribution in [0.15, 0.2) is 53.0 Å². The minimum atomic E-state index is -0.399. The number of anilines is 2. The van der Waals surface area contributed by atoms with E-state index in [9.17, 15) is 10.1 Å². The van der Waals surface area contributed by atoms with Gasteiger partial charge in [-0.2, -0.15) is 0 Å². The van der Waals surface area contributed by atoms with Crippen molar-refractivity contribution in [2.75, 3.05) is 11.9 Å². The van der Waals surface area contributed by atoms with E-state index in [1.807, 2.05) is 36.2 Å². The van der Waals surface area contributed by atoms with Gasteiger partial charge >= 0.3 is 29.6 Å². The number of nitro benzene ring substituents is 1. The molecule has 0 aliphatic carbocycles. The molecule has 2 rings (SSSR count). The third kappa shape index (κ3) is 4.04. The summed E-state index contributed by atoms with van der Waals surface area (Å²) in [6.45, 7) is 0. The standard InChI is InChI=1S/C13H11BrN2O2.Na.H/c1-15(11-4-2-10(14)3-5-11)12-6-8-13(9-7-12)16(17)18;;/h2-9H,1H3;;. The number of nitrogens with zero attached hydrogens (tertiary/aromatic N) is 2. The summed E-state index contributed by atoms with van der Waals surface area (Å²) in [5.41, 5.74) is 2.03. The van der Waals surface area contributed by atoms with Crippen LogP contribution in [0.2, 0.25) is 0 Å². The summed E-state index contributed by atoms with van der Waals surface area (Å²) in [5, 5.41) is 10.6. The summed E-state index contributed by atoms with van der Waals surface area (Å²) in [5.74, 6) is 0. The molecule has 2 aromatic carbocycles. The van der Waals surface area contributed by atoms with Gasteiger partial charge in [-0.05, 0) is 36.4 Å². The fourth-order valence-electron chi connectivity index (χ4n) is 1.61. The molecule has 0 saturated carbocycles. The molecular formula is C13H12BrN2NaO2. The molecule has 0 fully saturated rings. The van der Waals surface area contributed by atoms with Gasteiger partial charge in [0.05, 0.1) is 4.92 Å². The van der Waals surface area contributed by atoms with Crippen LogP contribution in [0.3, 0.4) is 0 Å². The zero-order valence-corrected chi connectivity index (χ0v) is 11.3. The number of non-ortho nitro benzene ring substituents is 1. The number of hydrogen-bond acceptors (Lipinski definition) is 3. The minimum absolute atomic E-state index is 0. The zero-order chi connectivity index (χ0) is 13.1. The van der Waals surface area contributed by atoms with Crippen LogP contribution in [0, 0.1) is 10.1 Å². The van der Waals surface area contributed by atoms with Crippen LogP contribution in [0.25, 0.3) is 0 Å². The number of nitro groups is 1. The molecule has 0 unspecified atom stereocenters. The predicted molar refractivity (Wildman–Crippen MR) is 82.5 cm³/mol. The summed E-state index contributed by atoms with van der Waals surface area (Å²) in [4.78, 5) is 12.1. The molecule has 0 bridgehead atoms. The Bertz CT molecular complexity index is 558. The van der Waals surface area contributed by atoms with Crippen molar-refractivity contribution in [2.24, 2.45) is 0 Å². The number of halogens is 1. The van der Waals surface area contributed by atoms with E-state index in [0.29, 0.717) is 0 Å². The topological polar surface area (TPSA) is 46.4 Å². The van der Waals surface area contributed by atoms with Crippen LogP contribution in [-0.2, 0) is 0 Å². The van der Waals surface area contributed by atoms with Crippen molar-refractivity contribution in [1.82, 2.24) is 0 Å². The fraction of sp³-hybridized carbons (Fsp3) is 0.0769. The molecule has 94 valence electrons. The van der Waals surface area contributed by atoms with Gasteiger partial charge < -0.3 is 4.90 Å². The van der Waals surface area contributed by atoms with E-state index >= 15 is 0 Å². The van der Waals surface area contributed by atoms with Crippen LogP contribution >= 0.6 is 15.9 Å². The Labute approximate surface area is 142 Å². The van der Waals surface area contributed by atoms with Crippen LogP contribution in [0.4, 0.5) is 17.1 Å². The van der Waals surface area contributed by atoms with Crippen LogP contribution < -0.4 is 4.90 Å². The summed E-state index contributed by atoms with van der Waals surface area (Å²) in [6.07, 6.45) is 0. The molecule has 0 aromatic heterocycles. The molecule has 6 heteroatoms. The molecule has 0 atom stereocenters. The van der Waals surface area contributed by atoms with E-state index in [1.54, 1.807) is 12.1 Å². The molecule has 0 N–H and O–H groups in total. The van der Waals surface area contributed by atoms with Crippen molar-refractivity contribution >= 4 is 62.5 Å². The van der Waals surface area contributed by atoms with Crippen molar-refractivity contribution in [2.45, 2.75) is 0 Å². The van der Waals surface area contributed by atoms with E-state index in [4.69, 9.17) is 0 Å². The summed E-state index contributed by atoms with van der Waals surface area (Å²) < 4.78 is 1.02. The van der Waals surface area contributed by atoms with Gasteiger partial charge in [-0.25, -0.2) is 0 Å². The quantitative estimate of drug-likeness (QED) is 0.491. The molecule has 2 aromatic rings. The van der Waals surface area contributed by atoms with Gasteiger partial charge in [0.25, 0.3) is 5.69 Å². The second kappa shape index (κ2) is 7.05. The van der Waals surface area contributed by atoms with Gasteiger partial charge in [-0.1, -0.05) is 15.9 Å². The van der Waals surface area contributed by atoms with Crippen LogP contribution in [0.5, 0.6) is 0 Å². The van der Waals surface area contributed by atoms with Crippen molar-refractivity contribution in [3.05, 3.63) is 63.1 Å². The monoisotopic (exact) mass is 330 g/mol. The molecule has 0 saturated heterocycles. The zero-order valence-electron chi connectivity index (χ0n) is 9.71. The first-order valence-electron chi connectivity index (χ1n) is 5.31. The third-order valence-corrected chi connectivity index (χ3v) is 3.19. The summed E-state index contributed by atoms with van der Waals surface area (Å²) in [7, 11) is 1.92. The second-order valence-corrected chi connectivity index (χ2v) is 4.72. The Kier molecular flexibility index (Phi) is 6.00. The van der Waals surface area contributed by atoms with Gasteiger partial charge in [0, 0.05) is 35.0 Å². The van der Waals surface area contributed by atoms with E-state index in [0.717, 1.165) is 15.8 Å². The Morgan fingerprint density at radius 3 is 1.84 bits per heavy atom. The van der Waals surface area contributed by atoms with Crippen LogP contribution in [-0.4, -0.2) is 41.5 Å². The first kappa shape index (κ1) is 16.2. The molecular weight excluding hydrogens is 319 g/mol. The van der Waals surface area contributed by atoms with Gasteiger partial charge in [-0.15, -0.1) is 0 Å². The van der Waals surface area contributed by atoms with Crippen LogP contribution in [0.1, 0.15) is 0 Å². The molecule has 0 aliphatic rings. The average molecular weight is 331 g/mol. The number of benzene rings is 2. The van der Waals surface area contributed by atoms with Gasteiger partial charge in [0.2, 0.25) is 0 Å². The van der Waals surface area contributed by atoms with Gasteiger partial charge in [0.15, 0.2) is 0 Å². The van der Waals surface area contributed by atoms with E-state index < -0.39 is 4.92 Å². The van der Waals surface area contributed by atoms with Crippen molar-refractivity contribution in [1.29, 1.82) is 0 Å². The molecule has 0 amide bonds. The summed E-state index contributed by atoms with van der Waals surface area (Å²) in [6, 6.07) is 14.3. The molecule has 0 radical (unpaired) electrons. The Hall–Kier alpha value is -0.880. The molecule has 4 nitrogen and oxygen atoms in total. The second-order valence-electron chi connectivity index (χ2n) is 3.81. The van der Waals surface area contributed by atoms with E-state index in [1.165, 1.54) is 12.1 Å². The maximum absolute atomic E-state index is 10.6. The Balaban J connectivity index is 0.00000180. The van der Waals surface area contributed by atoms with E-state index in [2.05, 4.69) is 15.9 Å². The number of hydrogen-bond donors (Lipinski definition) is 0. The average Bonchev–Trinajstić information content (AvgIpc) is 2.39. The Morgan fingerprint density at radius 1 is 1.00 bits per heavy atom.